The Morgan fingerprint density at radius 3 is 1.66 bits per heavy atom. The van der Waals surface area contributed by atoms with Gasteiger partial charge in [0.2, 0.25) is 0 Å². The molecule has 0 aliphatic heterocycles. The number of benzene rings is 2. The quantitative estimate of drug-likeness (QED) is 0.247. The molecule has 5 aromatic rings. The second-order valence-corrected chi connectivity index (χ2v) is 8.85. The molecule has 0 radical (unpaired) electrons. The summed E-state index contributed by atoms with van der Waals surface area (Å²) in [5.74, 6) is 1.77. The molecule has 0 saturated heterocycles. The minimum atomic E-state index is 0.576. The number of aromatic nitrogens is 5. The van der Waals surface area contributed by atoms with E-state index in [0.29, 0.717) is 17.5 Å². The Morgan fingerprint density at radius 2 is 1.03 bits per heavy atom. The lowest BCUT2D eigenvalue weighted by Gasteiger charge is -2.09. The van der Waals surface area contributed by atoms with Crippen molar-refractivity contribution in [3.63, 3.8) is 0 Å². The predicted octanol–water partition coefficient (Wildman–Crippen LogP) is 6.85. The lowest BCUT2D eigenvalue weighted by molar-refractivity contribution is 1.07. The third kappa shape index (κ3) is 4.49. The third-order valence-corrected chi connectivity index (χ3v) is 5.75. The van der Waals surface area contributed by atoms with Crippen LogP contribution in [0.15, 0.2) is 100 Å². The zero-order valence-electron chi connectivity index (χ0n) is 16.7. The molecule has 5 rings (SSSR count). The van der Waals surface area contributed by atoms with Crippen LogP contribution in [-0.2, 0) is 0 Å². The van der Waals surface area contributed by atoms with Crippen molar-refractivity contribution in [2.45, 2.75) is 0 Å². The highest BCUT2D eigenvalue weighted by Crippen LogP contribution is 2.29. The Kier molecular flexibility index (Phi) is 5.83. The summed E-state index contributed by atoms with van der Waals surface area (Å²) in [7, 11) is 0. The number of hydrogen-bond donors (Lipinski definition) is 0. The molecule has 0 aliphatic rings. The molecule has 5 nitrogen and oxygen atoms in total. The van der Waals surface area contributed by atoms with E-state index in [2.05, 4.69) is 54.0 Å². The van der Waals surface area contributed by atoms with E-state index in [1.807, 2.05) is 54.6 Å². The lowest BCUT2D eigenvalue weighted by Crippen LogP contribution is -2.00. The SMILES string of the molecule is Brc1cc(Br)cc(-c2nc(-c3ccc(-c4ccncc4)cc3)nc(-c3cccnc3)n2)c1. The molecular weight excluding hydrogens is 530 g/mol. The summed E-state index contributed by atoms with van der Waals surface area (Å²) in [6.07, 6.45) is 7.07. The molecule has 3 aromatic heterocycles. The monoisotopic (exact) mass is 543 g/mol. The van der Waals surface area contributed by atoms with Crippen molar-refractivity contribution in [2.75, 3.05) is 0 Å². The predicted molar refractivity (Wildman–Crippen MR) is 133 cm³/mol. The van der Waals surface area contributed by atoms with Crippen LogP contribution in [0.1, 0.15) is 0 Å². The molecular formula is C25H15Br2N5. The van der Waals surface area contributed by atoms with Gasteiger partial charge in [0.05, 0.1) is 0 Å². The number of hydrogen-bond acceptors (Lipinski definition) is 5. The molecule has 3 heterocycles. The van der Waals surface area contributed by atoms with Gasteiger partial charge in [-0.05, 0) is 53.6 Å². The summed E-state index contributed by atoms with van der Waals surface area (Å²) in [5.41, 5.74) is 4.84. The van der Waals surface area contributed by atoms with Gasteiger partial charge in [0, 0.05) is 50.4 Å². The minimum Gasteiger partial charge on any atom is -0.265 e. The number of halogens is 2. The van der Waals surface area contributed by atoms with Gasteiger partial charge in [-0.2, -0.15) is 0 Å². The number of rotatable bonds is 4. The summed E-state index contributed by atoms with van der Waals surface area (Å²) in [6, 6.07) is 21.9. The van der Waals surface area contributed by atoms with E-state index in [-0.39, 0.29) is 0 Å². The van der Waals surface area contributed by atoms with Crippen molar-refractivity contribution in [1.29, 1.82) is 0 Å². The van der Waals surface area contributed by atoms with Crippen LogP contribution in [0.3, 0.4) is 0 Å². The summed E-state index contributed by atoms with van der Waals surface area (Å²) >= 11 is 7.10. The Labute approximate surface area is 201 Å². The van der Waals surface area contributed by atoms with Crippen molar-refractivity contribution >= 4 is 31.9 Å². The van der Waals surface area contributed by atoms with Crippen LogP contribution in [0.25, 0.3) is 45.3 Å². The van der Waals surface area contributed by atoms with Crippen LogP contribution in [0, 0.1) is 0 Å². The molecule has 0 aliphatic carbocycles. The highest BCUT2D eigenvalue weighted by Gasteiger charge is 2.13. The van der Waals surface area contributed by atoms with Crippen molar-refractivity contribution < 1.29 is 0 Å². The molecule has 0 atom stereocenters. The van der Waals surface area contributed by atoms with Gasteiger partial charge in [-0.3, -0.25) is 9.97 Å². The van der Waals surface area contributed by atoms with E-state index >= 15 is 0 Å². The van der Waals surface area contributed by atoms with E-state index in [9.17, 15) is 0 Å². The van der Waals surface area contributed by atoms with Gasteiger partial charge < -0.3 is 0 Å². The average molecular weight is 545 g/mol. The summed E-state index contributed by atoms with van der Waals surface area (Å²) in [5, 5.41) is 0. The fraction of sp³-hybridized carbons (Fsp3) is 0. The Morgan fingerprint density at radius 1 is 0.469 bits per heavy atom. The minimum absolute atomic E-state index is 0.576. The second-order valence-electron chi connectivity index (χ2n) is 7.02. The molecule has 0 fully saturated rings. The second kappa shape index (κ2) is 9.06. The molecule has 154 valence electrons. The van der Waals surface area contributed by atoms with Gasteiger partial charge in [-0.25, -0.2) is 15.0 Å². The molecule has 7 heteroatoms. The lowest BCUT2D eigenvalue weighted by atomic mass is 10.0. The summed E-state index contributed by atoms with van der Waals surface area (Å²) < 4.78 is 1.88. The Bertz CT molecular complexity index is 1360. The summed E-state index contributed by atoms with van der Waals surface area (Å²) in [6.45, 7) is 0. The van der Waals surface area contributed by atoms with Gasteiger partial charge in [-0.15, -0.1) is 0 Å². The molecule has 0 bridgehead atoms. The van der Waals surface area contributed by atoms with Gasteiger partial charge in [-0.1, -0.05) is 56.1 Å². The highest BCUT2D eigenvalue weighted by molar-refractivity contribution is 9.11. The fourth-order valence-electron chi connectivity index (χ4n) is 3.30. The van der Waals surface area contributed by atoms with E-state index in [4.69, 9.17) is 15.0 Å². The third-order valence-electron chi connectivity index (χ3n) is 4.83. The fourth-order valence-corrected chi connectivity index (χ4v) is 4.59. The zero-order valence-corrected chi connectivity index (χ0v) is 19.8. The van der Waals surface area contributed by atoms with Crippen LogP contribution in [-0.4, -0.2) is 24.9 Å². The van der Waals surface area contributed by atoms with Crippen LogP contribution in [0.5, 0.6) is 0 Å². The van der Waals surface area contributed by atoms with Crippen molar-refractivity contribution in [1.82, 2.24) is 24.9 Å². The van der Waals surface area contributed by atoms with E-state index in [1.54, 1.807) is 24.8 Å². The van der Waals surface area contributed by atoms with Crippen molar-refractivity contribution in [2.24, 2.45) is 0 Å². The van der Waals surface area contributed by atoms with Crippen LogP contribution >= 0.6 is 31.9 Å². The first-order valence-corrected chi connectivity index (χ1v) is 11.4. The maximum absolute atomic E-state index is 4.79. The molecule has 0 amide bonds. The molecule has 0 spiro atoms. The van der Waals surface area contributed by atoms with Crippen LogP contribution in [0.4, 0.5) is 0 Å². The van der Waals surface area contributed by atoms with E-state index in [0.717, 1.165) is 36.8 Å². The van der Waals surface area contributed by atoms with Gasteiger partial charge in [0.15, 0.2) is 17.5 Å². The topological polar surface area (TPSA) is 64.5 Å². The molecule has 2 aromatic carbocycles. The molecule has 0 unspecified atom stereocenters. The summed E-state index contributed by atoms with van der Waals surface area (Å²) in [4.78, 5) is 22.6. The van der Waals surface area contributed by atoms with Crippen LogP contribution in [0.2, 0.25) is 0 Å². The first-order chi connectivity index (χ1) is 15.7. The van der Waals surface area contributed by atoms with Gasteiger partial charge in [0.1, 0.15) is 0 Å². The van der Waals surface area contributed by atoms with Crippen LogP contribution < -0.4 is 0 Å². The smallest absolute Gasteiger partial charge is 0.165 e. The molecule has 32 heavy (non-hydrogen) atoms. The largest absolute Gasteiger partial charge is 0.265 e. The standard InChI is InChI=1S/C25H15Br2N5/c26-21-12-20(13-22(27)14-21)25-31-23(30-24(32-25)19-2-1-9-29-15-19)18-5-3-16(4-6-18)17-7-10-28-11-8-17/h1-15H. The Balaban J connectivity index is 1.63. The van der Waals surface area contributed by atoms with Crippen molar-refractivity contribution in [3.05, 3.63) is 100 Å². The normalized spacial score (nSPS) is 10.8. The van der Waals surface area contributed by atoms with Crippen molar-refractivity contribution in [3.8, 4) is 45.3 Å². The maximum atomic E-state index is 4.79. The highest BCUT2D eigenvalue weighted by atomic mass is 79.9. The zero-order chi connectivity index (χ0) is 21.9. The molecule has 0 saturated carbocycles. The van der Waals surface area contributed by atoms with E-state index in [1.165, 1.54) is 0 Å². The first-order valence-electron chi connectivity index (χ1n) is 9.79. The maximum Gasteiger partial charge on any atom is 0.165 e. The number of nitrogens with zero attached hydrogens (tertiary/aromatic N) is 5. The average Bonchev–Trinajstić information content (AvgIpc) is 2.84. The van der Waals surface area contributed by atoms with Gasteiger partial charge in [0.25, 0.3) is 0 Å². The van der Waals surface area contributed by atoms with E-state index < -0.39 is 0 Å². The molecule has 0 N–H and O–H groups in total. The first kappa shape index (κ1) is 20.6. The van der Waals surface area contributed by atoms with Gasteiger partial charge >= 0.3 is 0 Å². The Hall–Kier alpha value is -3.29. The number of pyridine rings is 2.